The van der Waals surface area contributed by atoms with Gasteiger partial charge >= 0.3 is 10.4 Å². The van der Waals surface area contributed by atoms with Crippen LogP contribution in [0.2, 0.25) is 0 Å². The average Bonchev–Trinajstić information content (AvgIpc) is 2.33. The van der Waals surface area contributed by atoms with Crippen LogP contribution < -0.4 is 0 Å². The molecule has 4 nitrogen and oxygen atoms in total. The molecule has 0 amide bonds. The first kappa shape index (κ1) is 23.9. The van der Waals surface area contributed by atoms with Crippen molar-refractivity contribution in [2.45, 2.75) is 91.9 Å². The van der Waals surface area contributed by atoms with Crippen LogP contribution in [0, 0.1) is 0 Å². The lowest BCUT2D eigenvalue weighted by atomic mass is 10.1. The summed E-state index contributed by atoms with van der Waals surface area (Å²) < 4.78 is 31.6. The topological polar surface area (TPSA) is 74.6 Å². The molecule has 0 spiro atoms. The minimum Gasteiger partial charge on any atom is -0.264 e. The van der Waals surface area contributed by atoms with Gasteiger partial charge in [-0.3, -0.25) is 9.11 Å². The third-order valence-electron chi connectivity index (χ3n) is 2.46. The molecule has 0 heterocycles. The first-order valence-electron chi connectivity index (χ1n) is 7.61. The van der Waals surface area contributed by atoms with Crippen molar-refractivity contribution in [3.05, 3.63) is 0 Å². The van der Waals surface area contributed by atoms with E-state index < -0.39 is 10.4 Å². The van der Waals surface area contributed by atoms with Crippen LogP contribution in [0.25, 0.3) is 0 Å². The maximum atomic E-state index is 8.74. The highest BCUT2D eigenvalue weighted by atomic mass is 32.3. The molecule has 0 bridgehead atoms. The van der Waals surface area contributed by atoms with Crippen molar-refractivity contribution in [1.29, 1.82) is 0 Å². The van der Waals surface area contributed by atoms with Crippen molar-refractivity contribution in [3.63, 3.8) is 0 Å². The normalized spacial score (nSPS) is 10.0. The van der Waals surface area contributed by atoms with Crippen molar-refractivity contribution in [1.82, 2.24) is 0 Å². The zero-order valence-electron chi connectivity index (χ0n) is 13.2. The van der Waals surface area contributed by atoms with E-state index >= 15 is 0 Å². The molecule has 0 aromatic heterocycles. The Bertz CT molecular complexity index is 208. The van der Waals surface area contributed by atoms with Crippen LogP contribution in [0.15, 0.2) is 0 Å². The predicted octanol–water partition coefficient (Wildman–Crippen LogP) is 5.30. The number of unbranched alkanes of at least 4 members (excludes halogenated alkanes) is 9. The van der Waals surface area contributed by atoms with E-state index in [1.54, 1.807) is 0 Å². The summed E-state index contributed by atoms with van der Waals surface area (Å²) in [7, 11) is -4.67. The van der Waals surface area contributed by atoms with Crippen molar-refractivity contribution >= 4 is 10.4 Å². The Morgan fingerprint density at radius 2 is 0.789 bits per heavy atom. The van der Waals surface area contributed by atoms with Gasteiger partial charge in [-0.2, -0.15) is 8.42 Å². The summed E-state index contributed by atoms with van der Waals surface area (Å²) in [5, 5.41) is 0. The quantitative estimate of drug-likeness (QED) is 0.447. The fourth-order valence-corrected chi connectivity index (χ4v) is 1.56. The van der Waals surface area contributed by atoms with Gasteiger partial charge in [0.2, 0.25) is 0 Å². The Hall–Kier alpha value is -0.130. The van der Waals surface area contributed by atoms with Gasteiger partial charge in [0.15, 0.2) is 0 Å². The Labute approximate surface area is 120 Å². The van der Waals surface area contributed by atoms with Gasteiger partial charge in [0.05, 0.1) is 0 Å². The fourth-order valence-electron chi connectivity index (χ4n) is 1.56. The first-order chi connectivity index (χ1) is 8.91. The molecule has 0 fully saturated rings. The van der Waals surface area contributed by atoms with Crippen LogP contribution in [0.4, 0.5) is 0 Å². The molecule has 2 N–H and O–H groups in total. The molecule has 0 aliphatic rings. The van der Waals surface area contributed by atoms with E-state index in [-0.39, 0.29) is 0 Å². The van der Waals surface area contributed by atoms with E-state index in [1.165, 1.54) is 64.2 Å². The minimum absolute atomic E-state index is 1.37. The van der Waals surface area contributed by atoms with Gasteiger partial charge in [-0.1, -0.05) is 91.9 Å². The van der Waals surface area contributed by atoms with Gasteiger partial charge in [0.25, 0.3) is 0 Å². The second-order valence-electron chi connectivity index (χ2n) is 4.28. The zero-order valence-corrected chi connectivity index (χ0v) is 14.0. The molecule has 0 radical (unpaired) electrons. The smallest absolute Gasteiger partial charge is 0.264 e. The first-order valence-corrected chi connectivity index (χ1v) is 9.01. The van der Waals surface area contributed by atoms with Gasteiger partial charge in [-0.05, 0) is 0 Å². The third kappa shape index (κ3) is 57.2. The SMILES string of the molecule is CC.CCCCCCCCCCCC.O=S(=O)(O)O. The Morgan fingerprint density at radius 3 is 0.947 bits per heavy atom. The summed E-state index contributed by atoms with van der Waals surface area (Å²) in [4.78, 5) is 0. The molecule has 0 aliphatic carbocycles. The minimum atomic E-state index is -4.67. The van der Waals surface area contributed by atoms with Crippen LogP contribution in [0.5, 0.6) is 0 Å². The molecular weight excluding hydrogens is 264 g/mol. The summed E-state index contributed by atoms with van der Waals surface area (Å²) in [6.45, 7) is 8.56. The molecule has 0 aromatic rings. The van der Waals surface area contributed by atoms with Crippen molar-refractivity contribution in [3.8, 4) is 0 Å². The highest BCUT2D eigenvalue weighted by molar-refractivity contribution is 7.79. The van der Waals surface area contributed by atoms with E-state index in [1.807, 2.05) is 13.8 Å². The Kier molecular flexibility index (Phi) is 25.4. The van der Waals surface area contributed by atoms with E-state index in [9.17, 15) is 0 Å². The van der Waals surface area contributed by atoms with Crippen LogP contribution in [0.3, 0.4) is 0 Å². The second kappa shape index (κ2) is 20.2. The molecule has 0 aliphatic heterocycles. The lowest BCUT2D eigenvalue weighted by Crippen LogP contribution is -1.89. The molecular formula is C14H34O4S. The summed E-state index contributed by atoms with van der Waals surface area (Å²) in [5.41, 5.74) is 0. The van der Waals surface area contributed by atoms with Gasteiger partial charge in [-0.15, -0.1) is 0 Å². The second-order valence-corrected chi connectivity index (χ2v) is 5.17. The lowest BCUT2D eigenvalue weighted by molar-refractivity contribution is 0.381. The Morgan fingerprint density at radius 1 is 0.632 bits per heavy atom. The van der Waals surface area contributed by atoms with Gasteiger partial charge in [-0.25, -0.2) is 0 Å². The maximum absolute atomic E-state index is 8.74. The highest BCUT2D eigenvalue weighted by Gasteiger charge is 1.90. The van der Waals surface area contributed by atoms with Crippen LogP contribution in [-0.4, -0.2) is 17.5 Å². The lowest BCUT2D eigenvalue weighted by Gasteiger charge is -1.99. The summed E-state index contributed by atoms with van der Waals surface area (Å²) >= 11 is 0. The monoisotopic (exact) mass is 298 g/mol. The zero-order chi connectivity index (χ0) is 15.6. The maximum Gasteiger partial charge on any atom is 0.394 e. The highest BCUT2D eigenvalue weighted by Crippen LogP contribution is 2.09. The van der Waals surface area contributed by atoms with E-state index in [2.05, 4.69) is 13.8 Å². The molecule has 0 aromatic carbocycles. The van der Waals surface area contributed by atoms with Crippen molar-refractivity contribution in [2.24, 2.45) is 0 Å². The number of hydrogen-bond acceptors (Lipinski definition) is 2. The average molecular weight is 298 g/mol. The van der Waals surface area contributed by atoms with E-state index in [4.69, 9.17) is 17.5 Å². The van der Waals surface area contributed by atoms with Gasteiger partial charge < -0.3 is 0 Å². The Balaban J connectivity index is -0.000000307. The third-order valence-corrected chi connectivity index (χ3v) is 2.46. The predicted molar refractivity (Wildman–Crippen MR) is 83.0 cm³/mol. The molecule has 120 valence electrons. The summed E-state index contributed by atoms with van der Waals surface area (Å²) in [6.07, 6.45) is 14.4. The van der Waals surface area contributed by atoms with Gasteiger partial charge in [0.1, 0.15) is 0 Å². The summed E-state index contributed by atoms with van der Waals surface area (Å²) in [6, 6.07) is 0. The fraction of sp³-hybridized carbons (Fsp3) is 1.00. The largest absolute Gasteiger partial charge is 0.394 e. The van der Waals surface area contributed by atoms with Crippen molar-refractivity contribution in [2.75, 3.05) is 0 Å². The van der Waals surface area contributed by atoms with Gasteiger partial charge in [0, 0.05) is 0 Å². The molecule has 0 saturated heterocycles. The molecule has 19 heavy (non-hydrogen) atoms. The van der Waals surface area contributed by atoms with Crippen molar-refractivity contribution < 1.29 is 17.5 Å². The van der Waals surface area contributed by atoms with Crippen LogP contribution in [-0.2, 0) is 10.4 Å². The number of rotatable bonds is 9. The van der Waals surface area contributed by atoms with Crippen LogP contribution in [0.1, 0.15) is 91.9 Å². The standard InChI is InChI=1S/C12H26.C2H6.H2O4S/c1-3-5-7-9-11-12-10-8-6-4-2;1-2;1-5(2,3)4/h3-12H2,1-2H3;1-2H3;(H2,1,2,3,4). The van der Waals surface area contributed by atoms with E-state index in [0.29, 0.717) is 0 Å². The number of hydrogen-bond donors (Lipinski definition) is 2. The molecule has 5 heteroatoms. The molecule has 0 rings (SSSR count). The van der Waals surface area contributed by atoms with Crippen LogP contribution >= 0.6 is 0 Å². The van der Waals surface area contributed by atoms with E-state index in [0.717, 1.165) is 0 Å². The molecule has 0 saturated carbocycles. The molecule has 0 unspecified atom stereocenters. The summed E-state index contributed by atoms with van der Waals surface area (Å²) in [5.74, 6) is 0. The molecule has 0 atom stereocenters.